The number of likely N-dealkylation sites (N-methyl/N-ethyl adjacent to an activating group) is 1. The van der Waals surface area contributed by atoms with Crippen LogP contribution in [0.1, 0.15) is 23.4 Å². The Morgan fingerprint density at radius 1 is 1.44 bits per heavy atom. The van der Waals surface area contributed by atoms with E-state index in [-0.39, 0.29) is 0 Å². The van der Waals surface area contributed by atoms with Crippen LogP contribution < -0.4 is 4.74 Å². The first kappa shape index (κ1) is 11.4. The Balaban J connectivity index is 2.36. The van der Waals surface area contributed by atoms with E-state index in [1.165, 1.54) is 17.7 Å². The zero-order chi connectivity index (χ0) is 11.7. The second-order valence-electron chi connectivity index (χ2n) is 4.75. The van der Waals surface area contributed by atoms with Gasteiger partial charge in [0.15, 0.2) is 0 Å². The van der Waals surface area contributed by atoms with Gasteiger partial charge in [0, 0.05) is 29.1 Å². The van der Waals surface area contributed by atoms with Crippen LogP contribution in [0.2, 0.25) is 0 Å². The fourth-order valence-corrected chi connectivity index (χ4v) is 2.42. The molecule has 1 unspecified atom stereocenters. The van der Waals surface area contributed by atoms with E-state index >= 15 is 0 Å². The minimum atomic E-state index is 0.617. The molecule has 1 aliphatic rings. The van der Waals surface area contributed by atoms with Crippen molar-refractivity contribution >= 4 is 0 Å². The molecule has 0 aromatic carbocycles. The van der Waals surface area contributed by atoms with Gasteiger partial charge in [-0.3, -0.25) is 4.98 Å². The monoisotopic (exact) mass is 220 g/mol. The van der Waals surface area contributed by atoms with Crippen LogP contribution in [0.5, 0.6) is 5.75 Å². The summed E-state index contributed by atoms with van der Waals surface area (Å²) in [7, 11) is 6.03. The van der Waals surface area contributed by atoms with Gasteiger partial charge in [-0.05, 0) is 40.3 Å². The SMILES string of the molecule is COc1cc(C)nc2c1CC(N(C)C)CC2. The highest BCUT2D eigenvalue weighted by molar-refractivity contribution is 5.40. The maximum Gasteiger partial charge on any atom is 0.125 e. The fraction of sp³-hybridized carbons (Fsp3) is 0.615. The lowest BCUT2D eigenvalue weighted by Gasteiger charge is -2.30. The first-order valence-corrected chi connectivity index (χ1v) is 5.81. The van der Waals surface area contributed by atoms with Crippen molar-refractivity contribution in [3.63, 3.8) is 0 Å². The molecule has 0 saturated heterocycles. The van der Waals surface area contributed by atoms with E-state index in [1.54, 1.807) is 7.11 Å². The lowest BCUT2D eigenvalue weighted by molar-refractivity contribution is 0.263. The highest BCUT2D eigenvalue weighted by Gasteiger charge is 2.24. The van der Waals surface area contributed by atoms with Crippen molar-refractivity contribution in [1.29, 1.82) is 0 Å². The molecule has 0 N–H and O–H groups in total. The third kappa shape index (κ3) is 2.05. The van der Waals surface area contributed by atoms with E-state index in [4.69, 9.17) is 4.74 Å². The van der Waals surface area contributed by atoms with E-state index in [1.807, 2.05) is 13.0 Å². The molecule has 1 heterocycles. The number of hydrogen-bond acceptors (Lipinski definition) is 3. The number of hydrogen-bond donors (Lipinski definition) is 0. The first-order chi connectivity index (χ1) is 7.61. The Morgan fingerprint density at radius 2 is 2.19 bits per heavy atom. The number of nitrogens with zero attached hydrogens (tertiary/aromatic N) is 2. The van der Waals surface area contributed by atoms with Crippen molar-refractivity contribution in [2.24, 2.45) is 0 Å². The molecule has 0 saturated carbocycles. The molecule has 1 aromatic heterocycles. The normalized spacial score (nSPS) is 19.7. The van der Waals surface area contributed by atoms with Gasteiger partial charge in [-0.2, -0.15) is 0 Å². The topological polar surface area (TPSA) is 25.4 Å². The average Bonchev–Trinajstić information content (AvgIpc) is 2.27. The number of rotatable bonds is 2. The van der Waals surface area contributed by atoms with Gasteiger partial charge in [-0.1, -0.05) is 0 Å². The molecular weight excluding hydrogens is 200 g/mol. The van der Waals surface area contributed by atoms with E-state index in [2.05, 4.69) is 24.0 Å². The molecule has 0 amide bonds. The lowest BCUT2D eigenvalue weighted by Crippen LogP contribution is -2.34. The summed E-state index contributed by atoms with van der Waals surface area (Å²) in [6.45, 7) is 2.03. The van der Waals surface area contributed by atoms with E-state index < -0.39 is 0 Å². The number of pyridine rings is 1. The maximum atomic E-state index is 5.46. The molecule has 0 aliphatic heterocycles. The summed E-state index contributed by atoms with van der Waals surface area (Å²) < 4.78 is 5.46. The Kier molecular flexibility index (Phi) is 3.15. The average molecular weight is 220 g/mol. The Bertz CT molecular complexity index is 371. The number of ether oxygens (including phenoxy) is 1. The second-order valence-corrected chi connectivity index (χ2v) is 4.75. The van der Waals surface area contributed by atoms with Gasteiger partial charge in [0.05, 0.1) is 7.11 Å². The molecule has 16 heavy (non-hydrogen) atoms. The van der Waals surface area contributed by atoms with Gasteiger partial charge in [-0.25, -0.2) is 0 Å². The van der Waals surface area contributed by atoms with Crippen molar-refractivity contribution in [3.05, 3.63) is 23.0 Å². The van der Waals surface area contributed by atoms with Gasteiger partial charge in [-0.15, -0.1) is 0 Å². The standard InChI is InChI=1S/C13H20N2O/c1-9-7-13(16-4)11-8-10(15(2)3)5-6-12(11)14-9/h7,10H,5-6,8H2,1-4H3. The molecule has 1 aromatic rings. The van der Waals surface area contributed by atoms with Crippen LogP contribution >= 0.6 is 0 Å². The van der Waals surface area contributed by atoms with Crippen LogP contribution in [-0.2, 0) is 12.8 Å². The molecule has 3 heteroatoms. The molecular formula is C13H20N2O. The van der Waals surface area contributed by atoms with E-state index in [9.17, 15) is 0 Å². The molecule has 0 radical (unpaired) electrons. The summed E-state index contributed by atoms with van der Waals surface area (Å²) in [5.74, 6) is 1.01. The minimum absolute atomic E-state index is 0.617. The summed E-state index contributed by atoms with van der Waals surface area (Å²) in [6, 6.07) is 2.66. The predicted octanol–water partition coefficient (Wildman–Crippen LogP) is 1.82. The fourth-order valence-electron chi connectivity index (χ4n) is 2.42. The van der Waals surface area contributed by atoms with Crippen LogP contribution in [0.15, 0.2) is 6.07 Å². The quantitative estimate of drug-likeness (QED) is 0.760. The lowest BCUT2D eigenvalue weighted by atomic mass is 9.90. The van der Waals surface area contributed by atoms with Crippen LogP contribution in [-0.4, -0.2) is 37.1 Å². The van der Waals surface area contributed by atoms with Crippen LogP contribution in [0, 0.1) is 6.92 Å². The second kappa shape index (κ2) is 4.42. The smallest absolute Gasteiger partial charge is 0.125 e. The van der Waals surface area contributed by atoms with Crippen molar-refractivity contribution in [3.8, 4) is 5.75 Å². The Hall–Kier alpha value is -1.09. The van der Waals surface area contributed by atoms with Crippen LogP contribution in [0.25, 0.3) is 0 Å². The summed E-state index contributed by atoms with van der Waals surface area (Å²) in [5.41, 5.74) is 3.59. The summed E-state index contributed by atoms with van der Waals surface area (Å²) in [6.07, 6.45) is 3.31. The third-order valence-electron chi connectivity index (χ3n) is 3.40. The van der Waals surface area contributed by atoms with E-state index in [0.717, 1.165) is 24.3 Å². The molecule has 0 fully saturated rings. The number of aromatic nitrogens is 1. The van der Waals surface area contributed by atoms with Crippen molar-refractivity contribution in [2.45, 2.75) is 32.2 Å². The van der Waals surface area contributed by atoms with Crippen LogP contribution in [0.4, 0.5) is 0 Å². The molecule has 3 nitrogen and oxygen atoms in total. The molecule has 88 valence electrons. The summed E-state index contributed by atoms with van der Waals surface area (Å²) in [4.78, 5) is 6.91. The first-order valence-electron chi connectivity index (χ1n) is 5.81. The van der Waals surface area contributed by atoms with Gasteiger partial charge in [0.1, 0.15) is 5.75 Å². The van der Waals surface area contributed by atoms with E-state index in [0.29, 0.717) is 6.04 Å². The maximum absolute atomic E-state index is 5.46. The number of methoxy groups -OCH3 is 1. The van der Waals surface area contributed by atoms with Crippen LogP contribution in [0.3, 0.4) is 0 Å². The van der Waals surface area contributed by atoms with Gasteiger partial charge in [0.2, 0.25) is 0 Å². The Morgan fingerprint density at radius 3 is 2.81 bits per heavy atom. The summed E-state index contributed by atoms with van der Waals surface area (Å²) >= 11 is 0. The third-order valence-corrected chi connectivity index (χ3v) is 3.40. The van der Waals surface area contributed by atoms with Gasteiger partial charge >= 0.3 is 0 Å². The Labute approximate surface area is 97.4 Å². The molecule has 1 aliphatic carbocycles. The zero-order valence-corrected chi connectivity index (χ0v) is 10.6. The highest BCUT2D eigenvalue weighted by Crippen LogP contribution is 2.30. The molecule has 1 atom stereocenters. The van der Waals surface area contributed by atoms with Crippen molar-refractivity contribution in [2.75, 3.05) is 21.2 Å². The number of aryl methyl sites for hydroxylation is 2. The minimum Gasteiger partial charge on any atom is -0.496 e. The molecule has 2 rings (SSSR count). The molecule has 0 bridgehead atoms. The zero-order valence-electron chi connectivity index (χ0n) is 10.6. The molecule has 0 spiro atoms. The highest BCUT2D eigenvalue weighted by atomic mass is 16.5. The largest absolute Gasteiger partial charge is 0.496 e. The van der Waals surface area contributed by atoms with Crippen molar-refractivity contribution < 1.29 is 4.74 Å². The number of fused-ring (bicyclic) bond motifs is 1. The predicted molar refractivity (Wildman–Crippen MR) is 65.0 cm³/mol. The summed E-state index contributed by atoms with van der Waals surface area (Å²) in [5, 5.41) is 0. The van der Waals surface area contributed by atoms with Gasteiger partial charge in [0.25, 0.3) is 0 Å². The van der Waals surface area contributed by atoms with Crippen molar-refractivity contribution in [1.82, 2.24) is 9.88 Å². The van der Waals surface area contributed by atoms with Gasteiger partial charge < -0.3 is 9.64 Å².